The first kappa shape index (κ1) is 23.9. The molecule has 0 saturated carbocycles. The summed E-state index contributed by atoms with van der Waals surface area (Å²) in [6, 6.07) is 35.0. The topological polar surface area (TPSA) is 52.1 Å². The fourth-order valence-electron chi connectivity index (χ4n) is 5.69. The van der Waals surface area contributed by atoms with E-state index in [9.17, 15) is 0 Å². The molecule has 196 valence electrons. The lowest BCUT2D eigenvalue weighted by atomic mass is 9.94. The molecule has 0 bridgehead atoms. The van der Waals surface area contributed by atoms with Gasteiger partial charge in [-0.05, 0) is 45.2 Å². The predicted molar refractivity (Wildman–Crippen MR) is 168 cm³/mol. The van der Waals surface area contributed by atoms with E-state index in [1.807, 2.05) is 25.2 Å². The van der Waals surface area contributed by atoms with Crippen LogP contribution in [0.25, 0.3) is 75.8 Å². The highest BCUT2D eigenvalue weighted by Gasteiger charge is 2.15. The second kappa shape index (κ2) is 9.29. The van der Waals surface area contributed by atoms with Gasteiger partial charge in [0.1, 0.15) is 0 Å². The molecule has 3 heterocycles. The van der Waals surface area contributed by atoms with Crippen molar-refractivity contribution < 1.29 is 8.83 Å². The summed E-state index contributed by atoms with van der Waals surface area (Å²) in [6.45, 7) is 3.73. The lowest BCUT2D eigenvalue weighted by Crippen LogP contribution is -1.83. The molecule has 0 spiro atoms. The molecular weight excluding hydrogens is 524 g/mol. The van der Waals surface area contributed by atoms with Crippen molar-refractivity contribution in [2.24, 2.45) is 0 Å². The van der Waals surface area contributed by atoms with Crippen molar-refractivity contribution in [3.8, 4) is 44.9 Å². The van der Waals surface area contributed by atoms with Crippen LogP contribution in [0.4, 0.5) is 0 Å². The zero-order chi connectivity index (χ0) is 27.5. The Morgan fingerprint density at radius 3 is 1.68 bits per heavy atom. The van der Waals surface area contributed by atoms with Gasteiger partial charge in [-0.1, -0.05) is 84.9 Å². The minimum Gasteiger partial charge on any atom is -0.441 e. The summed E-state index contributed by atoms with van der Waals surface area (Å²) < 4.78 is 14.0. The quantitative estimate of drug-likeness (QED) is 0.219. The molecule has 0 atom stereocenters. The summed E-state index contributed by atoms with van der Waals surface area (Å²) in [7, 11) is 0. The molecule has 41 heavy (non-hydrogen) atoms. The first-order valence-electron chi connectivity index (χ1n) is 13.6. The monoisotopic (exact) mass is 548 g/mol. The van der Waals surface area contributed by atoms with Crippen molar-refractivity contribution >= 4 is 42.3 Å². The largest absolute Gasteiger partial charge is 0.441 e. The lowest BCUT2D eigenvalue weighted by Gasteiger charge is -2.10. The fourth-order valence-corrected chi connectivity index (χ4v) is 6.89. The minimum absolute atomic E-state index is 0.673. The molecule has 8 rings (SSSR count). The van der Waals surface area contributed by atoms with Gasteiger partial charge in [0.05, 0.1) is 12.4 Å². The molecule has 0 radical (unpaired) electrons. The summed E-state index contributed by atoms with van der Waals surface area (Å²) >= 11 is 1.85. The van der Waals surface area contributed by atoms with Gasteiger partial charge >= 0.3 is 0 Å². The standard InChI is InChI=1S/C36H24N2O2S/c1-21-37-19-32(39-21)25-11-7-23(8-12-25)27-15-16-30-34(17-27)41-35-18-31(28-5-3-4-6-29(28)36(30)35)24-9-13-26(14-10-24)33-20-38-22(2)40-33/h3-20H,1-2H3. The van der Waals surface area contributed by atoms with E-state index in [2.05, 4.69) is 107 Å². The van der Waals surface area contributed by atoms with Gasteiger partial charge < -0.3 is 8.83 Å². The molecule has 0 amide bonds. The molecule has 0 saturated heterocycles. The van der Waals surface area contributed by atoms with Crippen molar-refractivity contribution in [1.82, 2.24) is 9.97 Å². The Morgan fingerprint density at radius 1 is 0.512 bits per heavy atom. The van der Waals surface area contributed by atoms with Gasteiger partial charge in [0.15, 0.2) is 23.3 Å². The van der Waals surface area contributed by atoms with Crippen LogP contribution >= 0.6 is 11.3 Å². The predicted octanol–water partition coefficient (Wildman–Crippen LogP) is 10.5. The molecule has 5 heteroatoms. The van der Waals surface area contributed by atoms with Gasteiger partial charge in [-0.15, -0.1) is 11.3 Å². The van der Waals surface area contributed by atoms with E-state index in [0.29, 0.717) is 11.8 Å². The van der Waals surface area contributed by atoms with Crippen LogP contribution < -0.4 is 0 Å². The number of benzene rings is 5. The first-order valence-corrected chi connectivity index (χ1v) is 14.4. The Kier molecular flexibility index (Phi) is 5.40. The number of hydrogen-bond acceptors (Lipinski definition) is 5. The van der Waals surface area contributed by atoms with E-state index in [-0.39, 0.29) is 0 Å². The van der Waals surface area contributed by atoms with Crippen molar-refractivity contribution in [3.63, 3.8) is 0 Å². The molecule has 8 aromatic rings. The molecule has 5 aromatic carbocycles. The van der Waals surface area contributed by atoms with E-state index >= 15 is 0 Å². The molecule has 0 aliphatic heterocycles. The SMILES string of the molecule is Cc1ncc(-c2ccc(-c3ccc4c(c3)sc3cc(-c5ccc(-c6cnc(C)o6)cc5)c5ccccc5c34)cc2)o1. The normalized spacial score (nSPS) is 11.7. The van der Waals surface area contributed by atoms with Crippen LogP contribution in [0, 0.1) is 13.8 Å². The highest BCUT2D eigenvalue weighted by molar-refractivity contribution is 7.26. The first-order chi connectivity index (χ1) is 20.1. The molecular formula is C36H24N2O2S. The van der Waals surface area contributed by atoms with Crippen LogP contribution in [0.2, 0.25) is 0 Å². The lowest BCUT2D eigenvalue weighted by molar-refractivity contribution is 0.534. The van der Waals surface area contributed by atoms with Gasteiger partial charge in [0.2, 0.25) is 0 Å². The number of thiophene rings is 1. The number of hydrogen-bond donors (Lipinski definition) is 0. The molecule has 3 aromatic heterocycles. The molecule has 0 fully saturated rings. The zero-order valence-electron chi connectivity index (χ0n) is 22.5. The molecule has 0 N–H and O–H groups in total. The third-order valence-electron chi connectivity index (χ3n) is 7.70. The Morgan fingerprint density at radius 2 is 1.07 bits per heavy atom. The average Bonchev–Trinajstić information content (AvgIpc) is 3.74. The fraction of sp³-hybridized carbons (Fsp3) is 0.0556. The van der Waals surface area contributed by atoms with Gasteiger partial charge in [-0.25, -0.2) is 9.97 Å². The average molecular weight is 549 g/mol. The highest BCUT2D eigenvalue weighted by Crippen LogP contribution is 2.44. The van der Waals surface area contributed by atoms with E-state index < -0.39 is 0 Å². The Bertz CT molecular complexity index is 2220. The van der Waals surface area contributed by atoms with E-state index in [1.165, 1.54) is 53.2 Å². The van der Waals surface area contributed by atoms with Crippen LogP contribution in [-0.2, 0) is 0 Å². The maximum absolute atomic E-state index is 5.73. The van der Waals surface area contributed by atoms with Gasteiger partial charge in [0, 0.05) is 45.1 Å². The summed E-state index contributed by atoms with van der Waals surface area (Å²) in [5, 5.41) is 5.15. The van der Waals surface area contributed by atoms with Crippen LogP contribution in [0.3, 0.4) is 0 Å². The number of nitrogens with zero attached hydrogens (tertiary/aromatic N) is 2. The van der Waals surface area contributed by atoms with Crippen LogP contribution in [0.1, 0.15) is 11.8 Å². The highest BCUT2D eigenvalue weighted by atomic mass is 32.1. The Balaban J connectivity index is 1.22. The number of rotatable bonds is 4. The molecule has 0 unspecified atom stereocenters. The third-order valence-corrected chi connectivity index (χ3v) is 8.80. The van der Waals surface area contributed by atoms with Crippen LogP contribution in [0.5, 0.6) is 0 Å². The van der Waals surface area contributed by atoms with Gasteiger partial charge in [-0.3, -0.25) is 0 Å². The van der Waals surface area contributed by atoms with E-state index in [1.54, 1.807) is 12.4 Å². The molecule has 4 nitrogen and oxygen atoms in total. The number of aromatic nitrogens is 2. The smallest absolute Gasteiger partial charge is 0.191 e. The van der Waals surface area contributed by atoms with Crippen LogP contribution in [0.15, 0.2) is 118 Å². The summed E-state index contributed by atoms with van der Waals surface area (Å²) in [6.07, 6.45) is 3.56. The van der Waals surface area contributed by atoms with Crippen molar-refractivity contribution in [2.45, 2.75) is 13.8 Å². The van der Waals surface area contributed by atoms with E-state index in [4.69, 9.17) is 8.83 Å². The maximum atomic E-state index is 5.73. The molecule has 0 aliphatic rings. The second-order valence-corrected chi connectivity index (χ2v) is 11.4. The zero-order valence-corrected chi connectivity index (χ0v) is 23.3. The van der Waals surface area contributed by atoms with Crippen molar-refractivity contribution in [2.75, 3.05) is 0 Å². The van der Waals surface area contributed by atoms with Gasteiger partial charge in [0.25, 0.3) is 0 Å². The number of aryl methyl sites for hydroxylation is 2. The third kappa shape index (κ3) is 4.05. The maximum Gasteiger partial charge on any atom is 0.191 e. The number of oxazole rings is 2. The minimum atomic E-state index is 0.673. The Hall–Kier alpha value is -5.00. The van der Waals surface area contributed by atoms with Crippen molar-refractivity contribution in [1.29, 1.82) is 0 Å². The van der Waals surface area contributed by atoms with Crippen LogP contribution in [-0.4, -0.2) is 9.97 Å². The number of fused-ring (bicyclic) bond motifs is 5. The second-order valence-electron chi connectivity index (χ2n) is 10.3. The summed E-state index contributed by atoms with van der Waals surface area (Å²) in [4.78, 5) is 8.46. The van der Waals surface area contributed by atoms with E-state index in [0.717, 1.165) is 22.6 Å². The van der Waals surface area contributed by atoms with Gasteiger partial charge in [-0.2, -0.15) is 0 Å². The molecule has 0 aliphatic carbocycles. The van der Waals surface area contributed by atoms with Crippen molar-refractivity contribution in [3.05, 3.63) is 121 Å². The summed E-state index contributed by atoms with van der Waals surface area (Å²) in [5.41, 5.74) is 6.85. The Labute approximate surface area is 240 Å². The summed E-state index contributed by atoms with van der Waals surface area (Å²) in [5.74, 6) is 2.93.